The number of carbonyl (C=O) groups is 1. The molecule has 1 saturated carbocycles. The van der Waals surface area contributed by atoms with E-state index >= 15 is 0 Å². The molecule has 5 heteroatoms. The monoisotopic (exact) mass is 280 g/mol. The van der Waals surface area contributed by atoms with E-state index in [4.69, 9.17) is 0 Å². The van der Waals surface area contributed by atoms with Gasteiger partial charge in [-0.3, -0.25) is 4.79 Å². The molecule has 1 aliphatic carbocycles. The summed E-state index contributed by atoms with van der Waals surface area (Å²) in [5.74, 6) is 0.00259. The molecule has 1 aliphatic heterocycles. The minimum atomic E-state index is -0.364. The predicted octanol–water partition coefficient (Wildman–Crippen LogP) is 2.36. The Bertz CT molecular complexity index is 480. The Balaban J connectivity index is 1.88. The van der Waals surface area contributed by atoms with Gasteiger partial charge in [0.2, 0.25) is 0 Å². The van der Waals surface area contributed by atoms with E-state index in [2.05, 4.69) is 4.37 Å². The van der Waals surface area contributed by atoms with Gasteiger partial charge in [0.15, 0.2) is 0 Å². The van der Waals surface area contributed by atoms with Crippen molar-refractivity contribution in [2.45, 2.75) is 57.1 Å². The highest BCUT2D eigenvalue weighted by atomic mass is 32.1. The summed E-state index contributed by atoms with van der Waals surface area (Å²) >= 11 is 1.37. The standard InChI is InChI=1S/C14H20N2O2S/c1-10-9-11(15-19-10)13(18)16-8-5-12(17)14(16)6-3-2-4-7-14/h9,12,17H,2-8H2,1H3. The first-order valence-electron chi connectivity index (χ1n) is 7.07. The molecule has 2 fully saturated rings. The van der Waals surface area contributed by atoms with Crippen molar-refractivity contribution in [1.82, 2.24) is 9.27 Å². The van der Waals surface area contributed by atoms with E-state index in [1.165, 1.54) is 18.0 Å². The zero-order chi connectivity index (χ0) is 13.5. The number of aliphatic hydroxyl groups excluding tert-OH is 1. The molecule has 1 aromatic rings. The summed E-state index contributed by atoms with van der Waals surface area (Å²) in [4.78, 5) is 15.6. The first-order valence-corrected chi connectivity index (χ1v) is 7.84. The van der Waals surface area contributed by atoms with E-state index in [-0.39, 0.29) is 17.6 Å². The highest BCUT2D eigenvalue weighted by Crippen LogP contribution is 2.42. The second kappa shape index (κ2) is 4.87. The molecular formula is C14H20N2O2S. The van der Waals surface area contributed by atoms with Crippen molar-refractivity contribution in [2.24, 2.45) is 0 Å². The van der Waals surface area contributed by atoms with Crippen molar-refractivity contribution >= 4 is 17.4 Å². The zero-order valence-electron chi connectivity index (χ0n) is 11.3. The molecular weight excluding hydrogens is 260 g/mol. The molecule has 3 rings (SSSR count). The molecule has 1 N–H and O–H groups in total. The quantitative estimate of drug-likeness (QED) is 0.859. The molecule has 1 spiro atoms. The Kier molecular flexibility index (Phi) is 3.35. The molecule has 2 aliphatic rings. The number of likely N-dealkylation sites (tertiary alicyclic amines) is 1. The Hall–Kier alpha value is -0.940. The summed E-state index contributed by atoms with van der Waals surface area (Å²) in [6.07, 6.45) is 5.64. The first kappa shape index (κ1) is 13.1. The van der Waals surface area contributed by atoms with Gasteiger partial charge in [0.1, 0.15) is 5.69 Å². The highest BCUT2D eigenvalue weighted by Gasteiger charge is 2.50. The molecule has 4 nitrogen and oxygen atoms in total. The Morgan fingerprint density at radius 1 is 1.47 bits per heavy atom. The van der Waals surface area contributed by atoms with Crippen molar-refractivity contribution in [3.63, 3.8) is 0 Å². The molecule has 2 heterocycles. The number of rotatable bonds is 1. The fourth-order valence-corrected chi connectivity index (χ4v) is 4.14. The van der Waals surface area contributed by atoms with E-state index in [1.54, 1.807) is 0 Å². The third kappa shape index (κ3) is 2.09. The second-order valence-corrected chi connectivity index (χ2v) is 6.76. The lowest BCUT2D eigenvalue weighted by Crippen LogP contribution is -2.54. The van der Waals surface area contributed by atoms with Gasteiger partial charge in [-0.05, 0) is 43.8 Å². The third-order valence-electron chi connectivity index (χ3n) is 4.60. The highest BCUT2D eigenvalue weighted by molar-refractivity contribution is 7.05. The van der Waals surface area contributed by atoms with Gasteiger partial charge in [-0.15, -0.1) is 0 Å². The largest absolute Gasteiger partial charge is 0.391 e. The van der Waals surface area contributed by atoms with E-state index in [1.807, 2.05) is 17.9 Å². The van der Waals surface area contributed by atoms with Gasteiger partial charge in [-0.2, -0.15) is 4.37 Å². The predicted molar refractivity (Wildman–Crippen MR) is 74.3 cm³/mol. The fraction of sp³-hybridized carbons (Fsp3) is 0.714. The third-order valence-corrected chi connectivity index (χ3v) is 5.29. The van der Waals surface area contributed by atoms with Crippen molar-refractivity contribution in [2.75, 3.05) is 6.54 Å². The molecule has 19 heavy (non-hydrogen) atoms. The van der Waals surface area contributed by atoms with Crippen LogP contribution < -0.4 is 0 Å². The number of amides is 1. The average molecular weight is 280 g/mol. The summed E-state index contributed by atoms with van der Waals surface area (Å²) in [6, 6.07) is 1.86. The molecule has 1 saturated heterocycles. The summed E-state index contributed by atoms with van der Waals surface area (Å²) < 4.78 is 4.23. The van der Waals surface area contributed by atoms with Gasteiger partial charge < -0.3 is 10.0 Å². The van der Waals surface area contributed by atoms with E-state index in [0.29, 0.717) is 18.7 Å². The first-order chi connectivity index (χ1) is 9.13. The summed E-state index contributed by atoms with van der Waals surface area (Å²) in [7, 11) is 0. The number of aryl methyl sites for hydroxylation is 1. The molecule has 1 atom stereocenters. The number of carbonyl (C=O) groups excluding carboxylic acids is 1. The minimum absolute atomic E-state index is 0.00259. The van der Waals surface area contributed by atoms with Crippen molar-refractivity contribution < 1.29 is 9.90 Å². The topological polar surface area (TPSA) is 53.4 Å². The number of aliphatic hydroxyl groups is 1. The van der Waals surface area contributed by atoms with Crippen molar-refractivity contribution in [3.05, 3.63) is 16.6 Å². The van der Waals surface area contributed by atoms with Gasteiger partial charge in [-0.25, -0.2) is 0 Å². The van der Waals surface area contributed by atoms with Gasteiger partial charge in [0, 0.05) is 11.4 Å². The normalized spacial score (nSPS) is 26.0. The van der Waals surface area contributed by atoms with E-state index in [9.17, 15) is 9.90 Å². The van der Waals surface area contributed by atoms with E-state index in [0.717, 1.165) is 30.6 Å². The minimum Gasteiger partial charge on any atom is -0.391 e. The molecule has 1 amide bonds. The Morgan fingerprint density at radius 2 is 2.21 bits per heavy atom. The van der Waals surface area contributed by atoms with Crippen LogP contribution in [0, 0.1) is 6.92 Å². The maximum Gasteiger partial charge on any atom is 0.274 e. The van der Waals surface area contributed by atoms with Crippen molar-refractivity contribution in [3.8, 4) is 0 Å². The maximum absolute atomic E-state index is 12.6. The molecule has 0 radical (unpaired) electrons. The van der Waals surface area contributed by atoms with Gasteiger partial charge >= 0.3 is 0 Å². The second-order valence-electron chi connectivity index (χ2n) is 5.75. The number of aromatic nitrogens is 1. The van der Waals surface area contributed by atoms with Crippen LogP contribution in [0.3, 0.4) is 0 Å². The molecule has 104 valence electrons. The maximum atomic E-state index is 12.6. The van der Waals surface area contributed by atoms with Crippen LogP contribution in [0.1, 0.15) is 53.9 Å². The van der Waals surface area contributed by atoms with Gasteiger partial charge in [-0.1, -0.05) is 19.3 Å². The lowest BCUT2D eigenvalue weighted by Gasteiger charge is -2.43. The SMILES string of the molecule is Cc1cc(C(=O)N2CCC(O)C23CCCCC3)ns1. The smallest absolute Gasteiger partial charge is 0.274 e. The van der Waals surface area contributed by atoms with Gasteiger partial charge in [0.05, 0.1) is 11.6 Å². The van der Waals surface area contributed by atoms with Gasteiger partial charge in [0.25, 0.3) is 5.91 Å². The van der Waals surface area contributed by atoms with Crippen LogP contribution in [-0.2, 0) is 0 Å². The fourth-order valence-electron chi connectivity index (χ4n) is 3.60. The zero-order valence-corrected chi connectivity index (χ0v) is 12.1. The van der Waals surface area contributed by atoms with Crippen LogP contribution in [0.2, 0.25) is 0 Å². The molecule has 1 unspecified atom stereocenters. The van der Waals surface area contributed by atoms with Crippen molar-refractivity contribution in [1.29, 1.82) is 0 Å². The Labute approximate surface area is 117 Å². The van der Waals surface area contributed by atoms with Crippen LogP contribution in [0.25, 0.3) is 0 Å². The lowest BCUT2D eigenvalue weighted by molar-refractivity contribution is 0.00295. The number of hydrogen-bond acceptors (Lipinski definition) is 4. The molecule has 0 bridgehead atoms. The molecule has 0 aromatic carbocycles. The van der Waals surface area contributed by atoms with Crippen LogP contribution in [-0.4, -0.2) is 38.5 Å². The van der Waals surface area contributed by atoms with Crippen LogP contribution in [0.5, 0.6) is 0 Å². The average Bonchev–Trinajstić information content (AvgIpc) is 2.97. The van der Waals surface area contributed by atoms with Crippen LogP contribution in [0.4, 0.5) is 0 Å². The molecule has 1 aromatic heterocycles. The Morgan fingerprint density at radius 3 is 2.84 bits per heavy atom. The van der Waals surface area contributed by atoms with Crippen LogP contribution >= 0.6 is 11.5 Å². The summed E-state index contributed by atoms with van der Waals surface area (Å²) in [5, 5.41) is 10.4. The number of nitrogens with zero attached hydrogens (tertiary/aromatic N) is 2. The number of hydrogen-bond donors (Lipinski definition) is 1. The lowest BCUT2D eigenvalue weighted by atomic mass is 9.78. The summed E-state index contributed by atoms with van der Waals surface area (Å²) in [5.41, 5.74) is 0.230. The van der Waals surface area contributed by atoms with Crippen LogP contribution in [0.15, 0.2) is 6.07 Å². The van der Waals surface area contributed by atoms with E-state index < -0.39 is 0 Å². The summed E-state index contributed by atoms with van der Waals surface area (Å²) in [6.45, 7) is 2.63.